The van der Waals surface area contributed by atoms with E-state index >= 15 is 0 Å². The highest BCUT2D eigenvalue weighted by Gasteiger charge is 2.25. The second-order valence-corrected chi connectivity index (χ2v) is 7.54. The van der Waals surface area contributed by atoms with Crippen molar-refractivity contribution in [3.05, 3.63) is 22.0 Å². The molecule has 2 N–H and O–H groups in total. The Morgan fingerprint density at radius 1 is 1.24 bits per heavy atom. The van der Waals surface area contributed by atoms with Crippen molar-refractivity contribution in [2.24, 2.45) is 0 Å². The average Bonchev–Trinajstić information content (AvgIpc) is 2.80. The number of aryl methyl sites for hydroxylation is 3. The van der Waals surface area contributed by atoms with Crippen LogP contribution in [-0.4, -0.2) is 34.9 Å². The number of anilines is 1. The summed E-state index contributed by atoms with van der Waals surface area (Å²) in [6.45, 7) is 7.19. The molecule has 0 aliphatic carbocycles. The van der Waals surface area contributed by atoms with Crippen LogP contribution in [-0.2, 0) is 16.6 Å². The topological polar surface area (TPSA) is 97.1 Å². The summed E-state index contributed by atoms with van der Waals surface area (Å²) < 4.78 is 29.0. The lowest BCUT2D eigenvalue weighted by Gasteiger charge is -2.06. The Bertz CT molecular complexity index is 742. The van der Waals surface area contributed by atoms with Gasteiger partial charge >= 0.3 is 0 Å². The third-order valence-corrected chi connectivity index (χ3v) is 5.85. The molecule has 0 bridgehead atoms. The molecule has 0 atom stereocenters. The largest absolute Gasteiger partial charge is 0.394 e. The highest BCUT2D eigenvalue weighted by molar-refractivity contribution is 7.93. The maximum Gasteiger partial charge on any atom is 0.267 e. The first-order valence-electron chi connectivity index (χ1n) is 6.38. The van der Waals surface area contributed by atoms with Crippen LogP contribution in [0.15, 0.2) is 4.90 Å². The Morgan fingerprint density at radius 3 is 2.43 bits per heavy atom. The molecule has 0 saturated carbocycles. The van der Waals surface area contributed by atoms with E-state index in [0.29, 0.717) is 16.5 Å². The first-order valence-corrected chi connectivity index (χ1v) is 8.68. The zero-order valence-corrected chi connectivity index (χ0v) is 14.0. The van der Waals surface area contributed by atoms with Gasteiger partial charge in [-0.25, -0.2) is 13.4 Å². The van der Waals surface area contributed by atoms with Gasteiger partial charge in [-0.3, -0.25) is 9.40 Å². The van der Waals surface area contributed by atoms with Crippen LogP contribution in [0.1, 0.15) is 22.0 Å². The van der Waals surface area contributed by atoms with Gasteiger partial charge in [-0.05, 0) is 27.7 Å². The second kappa shape index (κ2) is 5.74. The standard InChI is InChI=1S/C12H18N4O3S2/c1-7-10(4)20-12(13-7)15-21(18,19)11-8(2)14-16(5-6-17)9(11)3/h17H,5-6H2,1-4H3,(H,13,15). The average molecular weight is 330 g/mol. The maximum atomic E-state index is 12.5. The van der Waals surface area contributed by atoms with E-state index in [4.69, 9.17) is 5.11 Å². The minimum Gasteiger partial charge on any atom is -0.394 e. The number of sulfonamides is 1. The fourth-order valence-corrected chi connectivity index (χ4v) is 4.53. The van der Waals surface area contributed by atoms with Gasteiger partial charge in [0.05, 0.1) is 30.2 Å². The van der Waals surface area contributed by atoms with Crippen molar-refractivity contribution < 1.29 is 13.5 Å². The molecule has 0 aliphatic rings. The normalized spacial score (nSPS) is 11.9. The Kier molecular flexibility index (Phi) is 4.35. The van der Waals surface area contributed by atoms with Gasteiger partial charge in [0.2, 0.25) is 0 Å². The molecule has 0 amide bonds. The first-order chi connectivity index (χ1) is 9.76. The van der Waals surface area contributed by atoms with Gasteiger partial charge in [0.15, 0.2) is 5.13 Å². The number of hydrogen-bond donors (Lipinski definition) is 2. The summed E-state index contributed by atoms with van der Waals surface area (Å²) in [6.07, 6.45) is 0. The fourth-order valence-electron chi connectivity index (χ4n) is 2.06. The number of rotatable bonds is 5. The molecule has 7 nitrogen and oxygen atoms in total. The minimum absolute atomic E-state index is 0.0975. The number of nitrogens with zero attached hydrogens (tertiary/aromatic N) is 3. The molecule has 0 fully saturated rings. The van der Waals surface area contributed by atoms with Crippen LogP contribution in [0.25, 0.3) is 0 Å². The van der Waals surface area contributed by atoms with Gasteiger partial charge in [-0.2, -0.15) is 5.10 Å². The van der Waals surface area contributed by atoms with Gasteiger partial charge in [0.25, 0.3) is 10.0 Å². The predicted octanol–water partition coefficient (Wildman–Crippen LogP) is 1.37. The van der Waals surface area contributed by atoms with E-state index in [2.05, 4.69) is 14.8 Å². The summed E-state index contributed by atoms with van der Waals surface area (Å²) in [5, 5.41) is 13.5. The molecule has 0 radical (unpaired) electrons. The summed E-state index contributed by atoms with van der Waals surface area (Å²) in [5.74, 6) is 0. The van der Waals surface area contributed by atoms with E-state index in [1.54, 1.807) is 13.8 Å². The quantitative estimate of drug-likeness (QED) is 0.863. The summed E-state index contributed by atoms with van der Waals surface area (Å²) in [5.41, 5.74) is 1.71. The van der Waals surface area contributed by atoms with Gasteiger partial charge in [0.1, 0.15) is 4.90 Å². The molecule has 0 saturated heterocycles. The smallest absolute Gasteiger partial charge is 0.267 e. The lowest BCUT2D eigenvalue weighted by Crippen LogP contribution is -2.15. The van der Waals surface area contributed by atoms with E-state index < -0.39 is 10.0 Å². The van der Waals surface area contributed by atoms with Crippen molar-refractivity contribution >= 4 is 26.5 Å². The molecular formula is C12H18N4O3S2. The van der Waals surface area contributed by atoms with E-state index in [9.17, 15) is 8.42 Å². The lowest BCUT2D eigenvalue weighted by molar-refractivity contribution is 0.267. The number of aromatic nitrogens is 3. The van der Waals surface area contributed by atoms with Crippen molar-refractivity contribution in [2.75, 3.05) is 11.3 Å². The number of thiazole rings is 1. The Labute approximate surface area is 127 Å². The summed E-state index contributed by atoms with van der Waals surface area (Å²) in [6, 6.07) is 0. The third-order valence-electron chi connectivity index (χ3n) is 3.15. The molecule has 2 heterocycles. The molecule has 0 unspecified atom stereocenters. The van der Waals surface area contributed by atoms with Crippen LogP contribution in [0.2, 0.25) is 0 Å². The molecule has 21 heavy (non-hydrogen) atoms. The summed E-state index contributed by atoms with van der Waals surface area (Å²) >= 11 is 1.30. The zero-order valence-electron chi connectivity index (χ0n) is 12.3. The van der Waals surface area contributed by atoms with Gasteiger partial charge in [-0.15, -0.1) is 11.3 Å². The minimum atomic E-state index is -3.74. The molecule has 116 valence electrons. The highest BCUT2D eigenvalue weighted by atomic mass is 32.2. The molecule has 2 aromatic rings. The Hall–Kier alpha value is -1.45. The number of aliphatic hydroxyl groups excluding tert-OH is 1. The van der Waals surface area contributed by atoms with Crippen molar-refractivity contribution in [3.8, 4) is 0 Å². The van der Waals surface area contributed by atoms with Crippen molar-refractivity contribution in [3.63, 3.8) is 0 Å². The molecular weight excluding hydrogens is 312 g/mol. The van der Waals surface area contributed by atoms with E-state index in [1.807, 2.05) is 13.8 Å². The highest BCUT2D eigenvalue weighted by Crippen LogP contribution is 2.26. The van der Waals surface area contributed by atoms with Crippen molar-refractivity contribution in [2.45, 2.75) is 39.1 Å². The Balaban J connectivity index is 2.40. The van der Waals surface area contributed by atoms with Crippen LogP contribution in [0.3, 0.4) is 0 Å². The second-order valence-electron chi connectivity index (χ2n) is 4.71. The van der Waals surface area contributed by atoms with Gasteiger partial charge in [0, 0.05) is 4.88 Å². The Morgan fingerprint density at radius 2 is 1.90 bits per heavy atom. The van der Waals surface area contributed by atoms with Crippen LogP contribution in [0.4, 0.5) is 5.13 Å². The van der Waals surface area contributed by atoms with Crippen molar-refractivity contribution in [1.29, 1.82) is 0 Å². The molecule has 2 rings (SSSR count). The van der Waals surface area contributed by atoms with Gasteiger partial charge in [-0.1, -0.05) is 0 Å². The number of hydrogen-bond acceptors (Lipinski definition) is 6. The molecule has 0 spiro atoms. The predicted molar refractivity (Wildman–Crippen MR) is 81.2 cm³/mol. The maximum absolute atomic E-state index is 12.5. The van der Waals surface area contributed by atoms with E-state index in [1.165, 1.54) is 16.0 Å². The van der Waals surface area contributed by atoms with Crippen LogP contribution >= 0.6 is 11.3 Å². The lowest BCUT2D eigenvalue weighted by atomic mass is 10.4. The van der Waals surface area contributed by atoms with Crippen LogP contribution in [0, 0.1) is 27.7 Å². The summed E-state index contributed by atoms with van der Waals surface area (Å²) in [7, 11) is -3.74. The molecule has 0 aromatic carbocycles. The van der Waals surface area contributed by atoms with E-state index in [-0.39, 0.29) is 18.0 Å². The molecule has 9 heteroatoms. The third kappa shape index (κ3) is 3.09. The fraction of sp³-hybridized carbons (Fsp3) is 0.500. The molecule has 2 aromatic heterocycles. The van der Waals surface area contributed by atoms with E-state index in [0.717, 1.165) is 10.6 Å². The molecule has 0 aliphatic heterocycles. The van der Waals surface area contributed by atoms with Crippen LogP contribution < -0.4 is 4.72 Å². The summed E-state index contributed by atoms with van der Waals surface area (Å²) in [4.78, 5) is 5.29. The number of nitrogens with one attached hydrogen (secondary N) is 1. The number of aliphatic hydroxyl groups is 1. The van der Waals surface area contributed by atoms with Crippen molar-refractivity contribution in [1.82, 2.24) is 14.8 Å². The SMILES string of the molecule is Cc1nc(NS(=O)(=O)c2c(C)nn(CCO)c2C)sc1C. The monoisotopic (exact) mass is 330 g/mol. The first kappa shape index (κ1) is 15.9. The van der Waals surface area contributed by atoms with Gasteiger partial charge < -0.3 is 5.11 Å². The van der Waals surface area contributed by atoms with Crippen LogP contribution in [0.5, 0.6) is 0 Å². The zero-order chi connectivity index (χ0) is 15.8.